The largest absolute Gasteiger partial charge is 0.573 e. The predicted molar refractivity (Wildman–Crippen MR) is 242 cm³/mol. The molecule has 0 radical (unpaired) electrons. The van der Waals surface area contributed by atoms with Gasteiger partial charge in [-0.3, -0.25) is 0 Å². The summed E-state index contributed by atoms with van der Waals surface area (Å²) in [6.07, 6.45) is -4.82. The average molecular weight is 810 g/mol. The number of alkyl halides is 3. The third-order valence-electron chi connectivity index (χ3n) is 12.7. The Morgan fingerprint density at radius 1 is 0.355 bits per heavy atom. The summed E-state index contributed by atoms with van der Waals surface area (Å²) in [6, 6.07) is 79.1. The van der Waals surface area contributed by atoms with Crippen LogP contribution in [0.4, 0.5) is 30.2 Å². The molecule has 0 saturated carbocycles. The van der Waals surface area contributed by atoms with Crippen LogP contribution in [0.3, 0.4) is 0 Å². The van der Waals surface area contributed by atoms with Crippen LogP contribution in [-0.2, 0) is 10.8 Å². The van der Waals surface area contributed by atoms with E-state index >= 15 is 0 Å². The van der Waals surface area contributed by atoms with Gasteiger partial charge in [0.25, 0.3) is 0 Å². The molecular formula is C57H38F3NO. The second kappa shape index (κ2) is 14.5. The van der Waals surface area contributed by atoms with Gasteiger partial charge in [-0.05, 0) is 104 Å². The fourth-order valence-electron chi connectivity index (χ4n) is 10.5. The van der Waals surface area contributed by atoms with E-state index < -0.39 is 17.2 Å². The monoisotopic (exact) mass is 809 g/mol. The molecule has 0 bridgehead atoms. The highest BCUT2D eigenvalue weighted by Crippen LogP contribution is 2.61. The lowest BCUT2D eigenvalue weighted by Crippen LogP contribution is -2.29. The topological polar surface area (TPSA) is 12.5 Å². The maximum Gasteiger partial charge on any atom is 0.573 e. The van der Waals surface area contributed by atoms with E-state index in [1.54, 1.807) is 12.1 Å². The van der Waals surface area contributed by atoms with Gasteiger partial charge in [0.15, 0.2) is 0 Å². The molecule has 0 saturated heterocycles. The summed E-state index contributed by atoms with van der Waals surface area (Å²) in [5.41, 5.74) is 14.7. The minimum absolute atomic E-state index is 0.284. The van der Waals surface area contributed by atoms with Gasteiger partial charge in [-0.25, -0.2) is 0 Å². The second-order valence-electron chi connectivity index (χ2n) is 15.9. The van der Waals surface area contributed by atoms with Crippen LogP contribution in [0.1, 0.15) is 44.5 Å². The van der Waals surface area contributed by atoms with Crippen molar-refractivity contribution in [1.82, 2.24) is 0 Å². The van der Waals surface area contributed by atoms with E-state index in [1.807, 2.05) is 24.3 Å². The van der Waals surface area contributed by atoms with Gasteiger partial charge in [-0.15, -0.1) is 13.2 Å². The molecule has 0 unspecified atom stereocenters. The quantitative estimate of drug-likeness (QED) is 0.152. The summed E-state index contributed by atoms with van der Waals surface area (Å²) in [5, 5.41) is 0. The highest BCUT2D eigenvalue weighted by molar-refractivity contribution is 5.98. The highest BCUT2D eigenvalue weighted by Gasteiger charge is 2.49. The van der Waals surface area contributed by atoms with Crippen LogP contribution in [0.25, 0.3) is 22.3 Å². The second-order valence-corrected chi connectivity index (χ2v) is 15.9. The first-order chi connectivity index (χ1) is 30.4. The van der Waals surface area contributed by atoms with E-state index in [2.05, 4.69) is 192 Å². The number of ether oxygens (including phenoxy) is 1. The van der Waals surface area contributed by atoms with E-state index in [0.29, 0.717) is 5.69 Å². The first-order valence-corrected chi connectivity index (χ1v) is 20.7. The third kappa shape index (κ3) is 5.65. The van der Waals surface area contributed by atoms with Crippen LogP contribution in [0.15, 0.2) is 231 Å². The van der Waals surface area contributed by atoms with Crippen molar-refractivity contribution >= 4 is 17.1 Å². The molecule has 0 amide bonds. The molecule has 2 aliphatic rings. The number of halogens is 3. The Hall–Kier alpha value is -7.63. The number of rotatable bonds is 8. The van der Waals surface area contributed by atoms with Gasteiger partial charge in [0, 0.05) is 16.9 Å². The van der Waals surface area contributed by atoms with Crippen molar-refractivity contribution in [2.24, 2.45) is 0 Å². The Morgan fingerprint density at radius 3 is 1.31 bits per heavy atom. The van der Waals surface area contributed by atoms with E-state index in [0.717, 1.165) is 72.6 Å². The zero-order chi connectivity index (χ0) is 41.9. The average Bonchev–Trinajstić information content (AvgIpc) is 3.79. The minimum atomic E-state index is -4.82. The molecule has 2 aliphatic carbocycles. The molecular weight excluding hydrogens is 772 g/mol. The number of fused-ring (bicyclic) bond motifs is 6. The van der Waals surface area contributed by atoms with Crippen molar-refractivity contribution in [3.05, 3.63) is 275 Å². The normalized spacial score (nSPS) is 14.0. The van der Waals surface area contributed by atoms with Crippen molar-refractivity contribution in [1.29, 1.82) is 0 Å². The number of nitrogens with zero attached hydrogens (tertiary/aromatic N) is 1. The Balaban J connectivity index is 1.21. The summed E-state index contributed by atoms with van der Waals surface area (Å²) >= 11 is 0. The SMILES string of the molecule is FC(F)(F)Oc1ccc(N(c2ccc3c(c2)C(c2ccccc2)(c2ccccc2)c2ccccc2-3)c2cccc3c2-c2ccccc2C3(c2ccccc2)c2ccccc2)cc1. The molecule has 62 heavy (non-hydrogen) atoms. The van der Waals surface area contributed by atoms with E-state index in [4.69, 9.17) is 0 Å². The molecule has 9 aromatic rings. The standard InChI is InChI=1S/C57H38F3NO/c58-57(59,60)62-45-35-32-43(33-36-45)61(44-34-37-47-46-26-13-15-28-49(46)56(52(47)38-44,41-22-9-3-10-23-41)42-24-11-4-12-25-42)53-31-17-30-51-54(53)48-27-14-16-29-50(48)55(51,39-18-5-1-6-19-39)40-20-7-2-8-21-40/h1-38H. The maximum atomic E-state index is 13.5. The van der Waals surface area contributed by atoms with Gasteiger partial charge < -0.3 is 9.64 Å². The van der Waals surface area contributed by atoms with Crippen LogP contribution in [0, 0.1) is 0 Å². The summed E-state index contributed by atoms with van der Waals surface area (Å²) in [5.74, 6) is -0.284. The minimum Gasteiger partial charge on any atom is -0.406 e. The number of anilines is 3. The number of hydrogen-bond acceptors (Lipinski definition) is 2. The number of hydrogen-bond donors (Lipinski definition) is 0. The molecule has 11 rings (SSSR count). The Bertz CT molecular complexity index is 3000. The maximum absolute atomic E-state index is 13.5. The zero-order valence-electron chi connectivity index (χ0n) is 33.4. The first kappa shape index (κ1) is 37.4. The van der Waals surface area contributed by atoms with Crippen LogP contribution in [-0.4, -0.2) is 6.36 Å². The fourth-order valence-corrected chi connectivity index (χ4v) is 10.5. The molecule has 0 aromatic heterocycles. The van der Waals surface area contributed by atoms with Crippen LogP contribution >= 0.6 is 0 Å². The van der Waals surface area contributed by atoms with Crippen molar-refractivity contribution in [2.75, 3.05) is 4.90 Å². The molecule has 0 atom stereocenters. The highest BCUT2D eigenvalue weighted by atomic mass is 19.4. The van der Waals surface area contributed by atoms with Crippen molar-refractivity contribution in [3.63, 3.8) is 0 Å². The smallest absolute Gasteiger partial charge is 0.406 e. The van der Waals surface area contributed by atoms with Gasteiger partial charge in [0.05, 0.1) is 16.5 Å². The van der Waals surface area contributed by atoms with Gasteiger partial charge in [0.2, 0.25) is 0 Å². The Kier molecular flexibility index (Phi) is 8.76. The van der Waals surface area contributed by atoms with Crippen molar-refractivity contribution in [3.8, 4) is 28.0 Å². The summed E-state index contributed by atoms with van der Waals surface area (Å²) in [7, 11) is 0. The molecule has 2 nitrogen and oxygen atoms in total. The van der Waals surface area contributed by atoms with Crippen LogP contribution < -0.4 is 9.64 Å². The van der Waals surface area contributed by atoms with Gasteiger partial charge in [-0.2, -0.15) is 0 Å². The van der Waals surface area contributed by atoms with Gasteiger partial charge >= 0.3 is 6.36 Å². The summed E-state index contributed by atoms with van der Waals surface area (Å²) < 4.78 is 45.0. The van der Waals surface area contributed by atoms with Crippen LogP contribution in [0.2, 0.25) is 0 Å². The molecule has 9 aromatic carbocycles. The first-order valence-electron chi connectivity index (χ1n) is 20.7. The van der Waals surface area contributed by atoms with E-state index in [9.17, 15) is 13.2 Å². The van der Waals surface area contributed by atoms with Gasteiger partial charge in [-0.1, -0.05) is 188 Å². The Morgan fingerprint density at radius 2 is 0.774 bits per heavy atom. The van der Waals surface area contributed by atoms with E-state index in [1.165, 1.54) is 17.7 Å². The van der Waals surface area contributed by atoms with Crippen molar-refractivity contribution in [2.45, 2.75) is 17.2 Å². The lowest BCUT2D eigenvalue weighted by molar-refractivity contribution is -0.274. The van der Waals surface area contributed by atoms with Crippen LogP contribution in [0.5, 0.6) is 5.75 Å². The lowest BCUT2D eigenvalue weighted by atomic mass is 9.67. The fraction of sp³-hybridized carbons (Fsp3) is 0.0526. The third-order valence-corrected chi connectivity index (χ3v) is 12.7. The molecule has 298 valence electrons. The molecule has 0 aliphatic heterocycles. The summed E-state index contributed by atoms with van der Waals surface area (Å²) in [4.78, 5) is 2.20. The number of benzene rings is 9. The lowest BCUT2D eigenvalue weighted by Gasteiger charge is -2.35. The Labute approximate surface area is 358 Å². The molecule has 0 spiro atoms. The predicted octanol–water partition coefficient (Wildman–Crippen LogP) is 14.8. The molecule has 0 fully saturated rings. The molecule has 5 heteroatoms. The molecule has 0 N–H and O–H groups in total. The molecule has 0 heterocycles. The van der Waals surface area contributed by atoms with Gasteiger partial charge in [0.1, 0.15) is 5.75 Å². The van der Waals surface area contributed by atoms with Crippen molar-refractivity contribution < 1.29 is 17.9 Å². The summed E-state index contributed by atoms with van der Waals surface area (Å²) in [6.45, 7) is 0. The van der Waals surface area contributed by atoms with E-state index in [-0.39, 0.29) is 5.75 Å². The zero-order valence-corrected chi connectivity index (χ0v) is 33.4.